The second kappa shape index (κ2) is 6.35. The molecule has 0 bridgehead atoms. The fourth-order valence-electron chi connectivity index (χ4n) is 0.233. The van der Waals surface area contributed by atoms with Gasteiger partial charge in [0.1, 0.15) is 0 Å². The Labute approximate surface area is 66.8 Å². The van der Waals surface area contributed by atoms with Crippen LogP contribution in [0.5, 0.6) is 0 Å². The van der Waals surface area contributed by atoms with Crippen molar-refractivity contribution < 1.29 is 0 Å². The van der Waals surface area contributed by atoms with Crippen molar-refractivity contribution in [3.8, 4) is 0 Å². The largest absolute Gasteiger partial charge is 0.369 e. The van der Waals surface area contributed by atoms with E-state index in [2.05, 4.69) is 10.2 Å². The molecule has 5 heteroatoms. The van der Waals surface area contributed by atoms with E-state index >= 15 is 0 Å². The normalized spacial score (nSPS) is 9.50. The van der Waals surface area contributed by atoms with Crippen LogP contribution >= 0.6 is 12.4 Å². The van der Waals surface area contributed by atoms with Crippen LogP contribution in [0.1, 0.15) is 13.8 Å². The first kappa shape index (κ1) is 12.0. The molecule has 0 aromatic carbocycles. The molecule has 0 heterocycles. The summed E-state index contributed by atoms with van der Waals surface area (Å²) in [5.41, 5.74) is 9.99. The molecule has 0 atom stereocenters. The third-order valence-corrected chi connectivity index (χ3v) is 0.538. The maximum absolute atomic E-state index is 4.99. The maximum Gasteiger partial charge on any atom is 0.211 e. The highest BCUT2D eigenvalue weighted by molar-refractivity contribution is 5.85. The van der Waals surface area contributed by atoms with Gasteiger partial charge >= 0.3 is 0 Å². The number of nitrogens with two attached hydrogens (primary N) is 2. The fraction of sp³-hybridized carbons (Fsp3) is 0.600. The van der Waals surface area contributed by atoms with Gasteiger partial charge in [-0.1, -0.05) is 13.8 Å². The van der Waals surface area contributed by atoms with Crippen LogP contribution in [0.25, 0.3) is 0 Å². The minimum absolute atomic E-state index is 0. The molecular formula is C5H13ClN4. The van der Waals surface area contributed by atoms with E-state index in [-0.39, 0.29) is 18.4 Å². The number of halogens is 1. The predicted octanol–water partition coefficient (Wildman–Crippen LogP) is 0.323. The highest BCUT2D eigenvalue weighted by Gasteiger charge is 1.81. The first-order chi connectivity index (χ1) is 4.13. The minimum Gasteiger partial charge on any atom is -0.369 e. The van der Waals surface area contributed by atoms with Crippen LogP contribution in [0.4, 0.5) is 0 Å². The smallest absolute Gasteiger partial charge is 0.211 e. The zero-order chi connectivity index (χ0) is 7.28. The lowest BCUT2D eigenvalue weighted by molar-refractivity contribution is 0.899. The van der Waals surface area contributed by atoms with Crippen molar-refractivity contribution in [2.24, 2.45) is 27.6 Å². The number of rotatable bonds is 2. The number of guanidine groups is 1. The van der Waals surface area contributed by atoms with Gasteiger partial charge in [-0.15, -0.1) is 17.5 Å². The molecule has 0 amide bonds. The van der Waals surface area contributed by atoms with Crippen molar-refractivity contribution in [3.05, 3.63) is 0 Å². The fourth-order valence-corrected chi connectivity index (χ4v) is 0.233. The zero-order valence-electron chi connectivity index (χ0n) is 6.11. The molecule has 0 saturated heterocycles. The molecule has 0 spiro atoms. The van der Waals surface area contributed by atoms with Gasteiger partial charge in [0, 0.05) is 6.21 Å². The van der Waals surface area contributed by atoms with Gasteiger partial charge in [0.2, 0.25) is 5.96 Å². The van der Waals surface area contributed by atoms with Gasteiger partial charge in [-0.2, -0.15) is 5.10 Å². The topological polar surface area (TPSA) is 76.8 Å². The monoisotopic (exact) mass is 164 g/mol. The van der Waals surface area contributed by atoms with Crippen LogP contribution in [0, 0.1) is 5.92 Å². The highest BCUT2D eigenvalue weighted by atomic mass is 35.5. The van der Waals surface area contributed by atoms with Gasteiger partial charge in [0.05, 0.1) is 0 Å². The zero-order valence-corrected chi connectivity index (χ0v) is 6.93. The molecule has 4 N–H and O–H groups in total. The van der Waals surface area contributed by atoms with Crippen LogP contribution in [-0.2, 0) is 0 Å². The Bertz CT molecular complexity index is 126. The van der Waals surface area contributed by atoms with Crippen LogP contribution in [0.15, 0.2) is 10.2 Å². The van der Waals surface area contributed by atoms with Gasteiger partial charge in [-0.05, 0) is 5.92 Å². The highest BCUT2D eigenvalue weighted by Crippen LogP contribution is 1.84. The molecule has 0 aliphatic rings. The first-order valence-electron chi connectivity index (χ1n) is 2.75. The Hall–Kier alpha value is -0.770. The van der Waals surface area contributed by atoms with E-state index in [1.165, 1.54) is 0 Å². The Balaban J connectivity index is 0. The number of hydrogen-bond acceptors (Lipinski definition) is 2. The summed E-state index contributed by atoms with van der Waals surface area (Å²) in [5.74, 6) is 0.375. The Morgan fingerprint density at radius 3 is 2.20 bits per heavy atom. The Kier molecular flexibility index (Phi) is 7.60. The van der Waals surface area contributed by atoms with Crippen molar-refractivity contribution >= 4 is 24.6 Å². The van der Waals surface area contributed by atoms with E-state index in [0.717, 1.165) is 0 Å². The lowest BCUT2D eigenvalue weighted by atomic mass is 10.3. The van der Waals surface area contributed by atoms with E-state index in [1.54, 1.807) is 6.21 Å². The van der Waals surface area contributed by atoms with E-state index in [0.29, 0.717) is 5.92 Å². The molecule has 0 aromatic rings. The standard InChI is InChI=1S/C5H12N4.ClH/c1-4(2)3-8-9-5(6)7;/h3-4H,1-2H3,(H4,6,7,9);1H/b8-3+;. The molecule has 0 fully saturated rings. The van der Waals surface area contributed by atoms with E-state index in [4.69, 9.17) is 11.5 Å². The van der Waals surface area contributed by atoms with Crippen molar-refractivity contribution in [2.45, 2.75) is 13.8 Å². The van der Waals surface area contributed by atoms with Crippen molar-refractivity contribution in [1.82, 2.24) is 0 Å². The van der Waals surface area contributed by atoms with Gasteiger partial charge < -0.3 is 11.5 Å². The minimum atomic E-state index is -0.00750. The quantitative estimate of drug-likeness (QED) is 0.351. The lowest BCUT2D eigenvalue weighted by Gasteiger charge is -1.88. The molecule has 0 unspecified atom stereocenters. The lowest BCUT2D eigenvalue weighted by Crippen LogP contribution is -2.21. The summed E-state index contributed by atoms with van der Waals surface area (Å²) in [6.07, 6.45) is 1.67. The molecule has 4 nitrogen and oxygen atoms in total. The van der Waals surface area contributed by atoms with Crippen molar-refractivity contribution in [1.29, 1.82) is 0 Å². The van der Waals surface area contributed by atoms with Crippen molar-refractivity contribution in [2.75, 3.05) is 0 Å². The summed E-state index contributed by atoms with van der Waals surface area (Å²) in [5, 5.41) is 6.99. The molecular weight excluding hydrogens is 152 g/mol. The maximum atomic E-state index is 4.99. The van der Waals surface area contributed by atoms with Gasteiger partial charge in [0.15, 0.2) is 0 Å². The van der Waals surface area contributed by atoms with E-state index in [1.807, 2.05) is 13.8 Å². The van der Waals surface area contributed by atoms with Gasteiger partial charge in [0.25, 0.3) is 0 Å². The predicted molar refractivity (Wildman–Crippen MR) is 46.4 cm³/mol. The van der Waals surface area contributed by atoms with Gasteiger partial charge in [-0.25, -0.2) is 0 Å². The summed E-state index contributed by atoms with van der Waals surface area (Å²) >= 11 is 0. The molecule has 0 saturated carbocycles. The molecule has 10 heavy (non-hydrogen) atoms. The molecule has 0 rings (SSSR count). The molecule has 0 aliphatic carbocycles. The van der Waals surface area contributed by atoms with Crippen LogP contribution in [0.2, 0.25) is 0 Å². The summed E-state index contributed by atoms with van der Waals surface area (Å²) in [6.45, 7) is 3.98. The number of hydrogen-bond donors (Lipinski definition) is 2. The summed E-state index contributed by atoms with van der Waals surface area (Å²) in [4.78, 5) is 0. The molecule has 0 radical (unpaired) electrons. The summed E-state index contributed by atoms with van der Waals surface area (Å²) < 4.78 is 0. The molecule has 0 aromatic heterocycles. The second-order valence-electron chi connectivity index (χ2n) is 2.03. The SMILES string of the molecule is CC(C)/C=N/N=C(N)N.Cl. The molecule has 0 aliphatic heterocycles. The molecule has 60 valence electrons. The van der Waals surface area contributed by atoms with Crippen LogP contribution in [-0.4, -0.2) is 12.2 Å². The summed E-state index contributed by atoms with van der Waals surface area (Å²) in [7, 11) is 0. The van der Waals surface area contributed by atoms with Gasteiger partial charge in [-0.3, -0.25) is 0 Å². The third kappa shape index (κ3) is 10.3. The number of nitrogens with zero attached hydrogens (tertiary/aromatic N) is 2. The van der Waals surface area contributed by atoms with E-state index in [9.17, 15) is 0 Å². The Morgan fingerprint density at radius 1 is 1.40 bits per heavy atom. The average Bonchev–Trinajstić information content (AvgIpc) is 1.63. The second-order valence-corrected chi connectivity index (χ2v) is 2.03. The van der Waals surface area contributed by atoms with E-state index < -0.39 is 0 Å². The average molecular weight is 165 g/mol. The third-order valence-electron chi connectivity index (χ3n) is 0.538. The van der Waals surface area contributed by atoms with Crippen molar-refractivity contribution in [3.63, 3.8) is 0 Å². The summed E-state index contributed by atoms with van der Waals surface area (Å²) in [6, 6.07) is 0. The van der Waals surface area contributed by atoms with Crippen LogP contribution < -0.4 is 11.5 Å². The first-order valence-corrected chi connectivity index (χ1v) is 2.75. The van der Waals surface area contributed by atoms with Crippen LogP contribution in [0.3, 0.4) is 0 Å². The Morgan fingerprint density at radius 2 is 1.90 bits per heavy atom.